The van der Waals surface area contributed by atoms with Gasteiger partial charge in [-0.15, -0.1) is 0 Å². The summed E-state index contributed by atoms with van der Waals surface area (Å²) in [7, 11) is 0. The van der Waals surface area contributed by atoms with E-state index < -0.39 is 6.09 Å². The van der Waals surface area contributed by atoms with Crippen LogP contribution in [0.2, 0.25) is 0 Å². The van der Waals surface area contributed by atoms with E-state index >= 15 is 0 Å². The molecule has 0 radical (unpaired) electrons. The molecule has 0 unspecified atom stereocenters. The van der Waals surface area contributed by atoms with Crippen LogP contribution in [0.5, 0.6) is 0 Å². The van der Waals surface area contributed by atoms with E-state index in [1.807, 2.05) is 28.7 Å². The first kappa shape index (κ1) is 8.49. The summed E-state index contributed by atoms with van der Waals surface area (Å²) in [6.07, 6.45) is 0.579. The van der Waals surface area contributed by atoms with E-state index in [4.69, 9.17) is 5.11 Å². The highest BCUT2D eigenvalue weighted by atomic mass is 127. The number of aromatic nitrogens is 2. The summed E-state index contributed by atoms with van der Waals surface area (Å²) in [5.74, 6) is 0. The van der Waals surface area contributed by atoms with Crippen molar-refractivity contribution in [2.24, 2.45) is 0 Å². The van der Waals surface area contributed by atoms with Crippen LogP contribution in [0.25, 0.3) is 11.0 Å². The first-order chi connectivity index (χ1) is 6.20. The molecule has 2 aromatic heterocycles. The maximum Gasteiger partial charge on any atom is 0.418 e. The van der Waals surface area contributed by atoms with Gasteiger partial charge in [0, 0.05) is 11.6 Å². The van der Waals surface area contributed by atoms with Crippen LogP contribution in [-0.2, 0) is 0 Å². The molecule has 13 heavy (non-hydrogen) atoms. The fraction of sp³-hybridized carbons (Fsp3) is 0. The highest BCUT2D eigenvalue weighted by Gasteiger charge is 2.11. The summed E-state index contributed by atoms with van der Waals surface area (Å²) < 4.78 is 1.81. The summed E-state index contributed by atoms with van der Waals surface area (Å²) in [4.78, 5) is 14.8. The van der Waals surface area contributed by atoms with Crippen molar-refractivity contribution in [3.63, 3.8) is 0 Å². The second kappa shape index (κ2) is 2.99. The number of carbonyl (C=O) groups is 1. The lowest BCUT2D eigenvalue weighted by Gasteiger charge is -1.96. The van der Waals surface area contributed by atoms with E-state index in [1.165, 1.54) is 0 Å². The fourth-order valence-electron chi connectivity index (χ4n) is 1.18. The second-order valence-electron chi connectivity index (χ2n) is 2.50. The minimum Gasteiger partial charge on any atom is -0.464 e. The van der Waals surface area contributed by atoms with Gasteiger partial charge in [-0.05, 0) is 40.8 Å². The van der Waals surface area contributed by atoms with Crippen LogP contribution >= 0.6 is 22.6 Å². The minimum absolute atomic E-state index is 0.486. The SMILES string of the molecule is O=C(O)n1c(I)cc2cccnc21. The van der Waals surface area contributed by atoms with Crippen molar-refractivity contribution in [3.05, 3.63) is 28.1 Å². The van der Waals surface area contributed by atoms with Crippen LogP contribution in [0.1, 0.15) is 0 Å². The van der Waals surface area contributed by atoms with Gasteiger partial charge in [-0.2, -0.15) is 0 Å². The van der Waals surface area contributed by atoms with E-state index in [0.717, 1.165) is 9.95 Å². The third-order valence-electron chi connectivity index (χ3n) is 1.71. The molecule has 2 aromatic rings. The Labute approximate surface area is 87.3 Å². The quantitative estimate of drug-likeness (QED) is 0.756. The summed E-state index contributed by atoms with van der Waals surface area (Å²) >= 11 is 1.97. The number of carboxylic acid groups (broad SMARTS) is 1. The third-order valence-corrected chi connectivity index (χ3v) is 2.50. The number of hydrogen-bond donors (Lipinski definition) is 1. The van der Waals surface area contributed by atoms with E-state index in [9.17, 15) is 4.79 Å². The number of fused-ring (bicyclic) bond motifs is 1. The van der Waals surface area contributed by atoms with Gasteiger partial charge in [0.1, 0.15) is 5.65 Å². The molecule has 66 valence electrons. The topological polar surface area (TPSA) is 55.1 Å². The summed E-state index contributed by atoms with van der Waals surface area (Å²) in [6, 6.07) is 5.41. The standard InChI is InChI=1S/C8H5IN2O2/c9-6-4-5-2-1-3-10-7(5)11(6)8(12)13/h1-4H,(H,12,13). The molecule has 2 rings (SSSR count). The van der Waals surface area contributed by atoms with Crippen LogP contribution < -0.4 is 0 Å². The molecule has 0 saturated heterocycles. The number of nitrogens with zero attached hydrogens (tertiary/aromatic N) is 2. The summed E-state index contributed by atoms with van der Waals surface area (Å²) in [5, 5.41) is 9.71. The Kier molecular flexibility index (Phi) is 1.95. The fourth-order valence-corrected chi connectivity index (χ4v) is 1.96. The molecule has 0 fully saturated rings. The Bertz CT molecular complexity index is 478. The molecule has 0 bridgehead atoms. The molecule has 0 aliphatic heterocycles. The van der Waals surface area contributed by atoms with Crippen molar-refractivity contribution in [2.45, 2.75) is 0 Å². The monoisotopic (exact) mass is 288 g/mol. The molecule has 0 aromatic carbocycles. The Morgan fingerprint density at radius 3 is 3.08 bits per heavy atom. The molecule has 0 spiro atoms. The van der Waals surface area contributed by atoms with E-state index in [2.05, 4.69) is 4.98 Å². The van der Waals surface area contributed by atoms with E-state index in [0.29, 0.717) is 9.35 Å². The Balaban J connectivity index is 2.86. The van der Waals surface area contributed by atoms with Crippen molar-refractivity contribution < 1.29 is 9.90 Å². The molecule has 0 amide bonds. The molecule has 0 atom stereocenters. The average molecular weight is 288 g/mol. The smallest absolute Gasteiger partial charge is 0.418 e. The van der Waals surface area contributed by atoms with Crippen LogP contribution in [0.4, 0.5) is 4.79 Å². The summed E-state index contributed by atoms with van der Waals surface area (Å²) in [5.41, 5.74) is 0.486. The normalized spacial score (nSPS) is 10.5. The van der Waals surface area contributed by atoms with Gasteiger partial charge in [-0.25, -0.2) is 14.3 Å². The zero-order valence-electron chi connectivity index (χ0n) is 6.44. The molecular formula is C8H5IN2O2. The van der Waals surface area contributed by atoms with Gasteiger partial charge in [0.15, 0.2) is 0 Å². The molecule has 4 nitrogen and oxygen atoms in total. The van der Waals surface area contributed by atoms with E-state index in [1.54, 1.807) is 18.3 Å². The predicted molar refractivity (Wildman–Crippen MR) is 55.9 cm³/mol. The first-order valence-corrected chi connectivity index (χ1v) is 4.63. The predicted octanol–water partition coefficient (Wildman–Crippen LogP) is 2.17. The first-order valence-electron chi connectivity index (χ1n) is 3.55. The number of hydrogen-bond acceptors (Lipinski definition) is 2. The van der Waals surface area contributed by atoms with E-state index in [-0.39, 0.29) is 0 Å². The zero-order chi connectivity index (χ0) is 9.42. The zero-order valence-corrected chi connectivity index (χ0v) is 8.59. The number of halogens is 1. The van der Waals surface area contributed by atoms with Gasteiger partial charge in [-0.1, -0.05) is 0 Å². The molecular weight excluding hydrogens is 283 g/mol. The van der Waals surface area contributed by atoms with Crippen LogP contribution in [0.3, 0.4) is 0 Å². The Morgan fingerprint density at radius 2 is 2.38 bits per heavy atom. The van der Waals surface area contributed by atoms with Gasteiger partial charge in [0.05, 0.1) is 3.70 Å². The molecule has 2 heterocycles. The number of pyridine rings is 1. The van der Waals surface area contributed by atoms with Gasteiger partial charge in [0.2, 0.25) is 0 Å². The lowest BCUT2D eigenvalue weighted by molar-refractivity contribution is 0.196. The van der Waals surface area contributed by atoms with Crippen LogP contribution in [0, 0.1) is 3.70 Å². The Hall–Kier alpha value is -1.11. The largest absolute Gasteiger partial charge is 0.464 e. The maximum absolute atomic E-state index is 10.8. The molecule has 0 saturated carbocycles. The van der Waals surface area contributed by atoms with Gasteiger partial charge in [0.25, 0.3) is 0 Å². The van der Waals surface area contributed by atoms with Crippen LogP contribution in [-0.4, -0.2) is 20.8 Å². The molecule has 5 heteroatoms. The van der Waals surface area contributed by atoms with Crippen molar-refractivity contribution >= 4 is 39.7 Å². The lowest BCUT2D eigenvalue weighted by atomic mass is 10.3. The summed E-state index contributed by atoms with van der Waals surface area (Å²) in [6.45, 7) is 0. The van der Waals surface area contributed by atoms with Crippen LogP contribution in [0.15, 0.2) is 24.4 Å². The van der Waals surface area contributed by atoms with Crippen molar-refractivity contribution in [3.8, 4) is 0 Å². The second-order valence-corrected chi connectivity index (χ2v) is 3.61. The molecule has 0 aliphatic rings. The van der Waals surface area contributed by atoms with Gasteiger partial charge < -0.3 is 5.11 Å². The molecule has 1 N–H and O–H groups in total. The third kappa shape index (κ3) is 1.28. The van der Waals surface area contributed by atoms with Crippen molar-refractivity contribution in [2.75, 3.05) is 0 Å². The lowest BCUT2D eigenvalue weighted by Crippen LogP contribution is -2.09. The maximum atomic E-state index is 10.8. The van der Waals surface area contributed by atoms with Crippen molar-refractivity contribution in [1.29, 1.82) is 0 Å². The minimum atomic E-state index is -1.00. The van der Waals surface area contributed by atoms with Crippen molar-refractivity contribution in [1.82, 2.24) is 9.55 Å². The van der Waals surface area contributed by atoms with Gasteiger partial charge in [-0.3, -0.25) is 0 Å². The highest BCUT2D eigenvalue weighted by molar-refractivity contribution is 14.1. The van der Waals surface area contributed by atoms with Gasteiger partial charge >= 0.3 is 6.09 Å². The number of rotatable bonds is 0. The molecule has 0 aliphatic carbocycles. The Morgan fingerprint density at radius 1 is 1.62 bits per heavy atom. The highest BCUT2D eigenvalue weighted by Crippen LogP contribution is 2.18. The average Bonchev–Trinajstić information content (AvgIpc) is 2.39.